The lowest BCUT2D eigenvalue weighted by molar-refractivity contribution is 0.620. The van der Waals surface area contributed by atoms with E-state index in [1.165, 1.54) is 38.5 Å². The second-order valence-corrected chi connectivity index (χ2v) is 5.55. The van der Waals surface area contributed by atoms with Crippen LogP contribution in [0.1, 0.15) is 44.1 Å². The van der Waals surface area contributed by atoms with Crippen LogP contribution >= 0.6 is 15.9 Å². The van der Waals surface area contributed by atoms with E-state index in [0.717, 1.165) is 15.7 Å². The van der Waals surface area contributed by atoms with E-state index >= 15 is 0 Å². The van der Waals surface area contributed by atoms with E-state index in [0.29, 0.717) is 6.04 Å². The molecule has 0 aliphatic heterocycles. The standard InChI is InChI=1S/C14H17BrN2/c15-12-8-7-11(10-16)14(9-12)17-13-5-3-1-2-4-6-13/h7-9,13,17H,1-6H2. The molecule has 0 aromatic heterocycles. The Kier molecular flexibility index (Phi) is 4.44. The molecule has 0 amide bonds. The van der Waals surface area contributed by atoms with Crippen molar-refractivity contribution < 1.29 is 0 Å². The first kappa shape index (κ1) is 12.4. The normalized spacial score (nSPS) is 17.2. The van der Waals surface area contributed by atoms with Crippen LogP contribution in [0.2, 0.25) is 0 Å². The highest BCUT2D eigenvalue weighted by Crippen LogP contribution is 2.25. The molecule has 1 fully saturated rings. The molecule has 0 bridgehead atoms. The van der Waals surface area contributed by atoms with Crippen molar-refractivity contribution in [1.82, 2.24) is 0 Å². The maximum Gasteiger partial charge on any atom is 0.101 e. The minimum absolute atomic E-state index is 0.527. The molecule has 2 nitrogen and oxygen atoms in total. The first-order chi connectivity index (χ1) is 8.29. The van der Waals surface area contributed by atoms with Gasteiger partial charge < -0.3 is 5.32 Å². The van der Waals surface area contributed by atoms with Crippen LogP contribution in [0.4, 0.5) is 5.69 Å². The monoisotopic (exact) mass is 292 g/mol. The molecule has 0 radical (unpaired) electrons. The van der Waals surface area contributed by atoms with Gasteiger partial charge in [-0.05, 0) is 31.0 Å². The van der Waals surface area contributed by atoms with Gasteiger partial charge in [0, 0.05) is 10.5 Å². The predicted octanol–water partition coefficient (Wildman–Crippen LogP) is 4.46. The van der Waals surface area contributed by atoms with E-state index in [1.54, 1.807) is 0 Å². The van der Waals surface area contributed by atoms with Gasteiger partial charge in [0.2, 0.25) is 0 Å². The summed E-state index contributed by atoms with van der Waals surface area (Å²) in [7, 11) is 0. The molecule has 90 valence electrons. The van der Waals surface area contributed by atoms with Gasteiger partial charge in [-0.2, -0.15) is 5.26 Å². The summed E-state index contributed by atoms with van der Waals surface area (Å²) >= 11 is 3.46. The smallest absolute Gasteiger partial charge is 0.101 e. The highest BCUT2D eigenvalue weighted by atomic mass is 79.9. The molecule has 3 heteroatoms. The zero-order chi connectivity index (χ0) is 12.1. The highest BCUT2D eigenvalue weighted by Gasteiger charge is 2.13. The van der Waals surface area contributed by atoms with Gasteiger partial charge in [-0.1, -0.05) is 41.6 Å². The summed E-state index contributed by atoms with van der Waals surface area (Å²) in [5.41, 5.74) is 1.70. The third-order valence-corrected chi connectivity index (χ3v) is 3.81. The van der Waals surface area contributed by atoms with Crippen molar-refractivity contribution in [2.45, 2.75) is 44.6 Å². The third kappa shape index (κ3) is 3.47. The molecule has 1 aromatic rings. The lowest BCUT2D eigenvalue weighted by atomic mass is 10.1. The molecule has 2 rings (SSSR count). The highest BCUT2D eigenvalue weighted by molar-refractivity contribution is 9.10. The fourth-order valence-corrected chi connectivity index (χ4v) is 2.74. The average Bonchev–Trinajstić information content (AvgIpc) is 2.58. The molecule has 1 aliphatic carbocycles. The Morgan fingerprint density at radius 2 is 1.88 bits per heavy atom. The van der Waals surface area contributed by atoms with Crippen LogP contribution in [-0.4, -0.2) is 6.04 Å². The summed E-state index contributed by atoms with van der Waals surface area (Å²) in [6, 6.07) is 8.55. The van der Waals surface area contributed by atoms with Gasteiger partial charge in [0.25, 0.3) is 0 Å². The van der Waals surface area contributed by atoms with E-state index in [-0.39, 0.29) is 0 Å². The topological polar surface area (TPSA) is 35.8 Å². The summed E-state index contributed by atoms with van der Waals surface area (Å²) < 4.78 is 1.02. The summed E-state index contributed by atoms with van der Waals surface area (Å²) in [5, 5.41) is 12.6. The van der Waals surface area contributed by atoms with Gasteiger partial charge in [-0.25, -0.2) is 0 Å². The van der Waals surface area contributed by atoms with E-state index in [2.05, 4.69) is 27.3 Å². The summed E-state index contributed by atoms with van der Waals surface area (Å²) in [5.74, 6) is 0. The molecular weight excluding hydrogens is 276 g/mol. The lowest BCUT2D eigenvalue weighted by Gasteiger charge is -2.18. The average molecular weight is 293 g/mol. The number of anilines is 1. The molecule has 1 aromatic carbocycles. The maximum atomic E-state index is 9.09. The zero-order valence-corrected chi connectivity index (χ0v) is 11.5. The van der Waals surface area contributed by atoms with Crippen molar-refractivity contribution in [3.63, 3.8) is 0 Å². The fourth-order valence-electron chi connectivity index (χ4n) is 2.38. The second kappa shape index (κ2) is 6.07. The van der Waals surface area contributed by atoms with Crippen LogP contribution in [0.5, 0.6) is 0 Å². The molecule has 1 saturated carbocycles. The first-order valence-electron chi connectivity index (χ1n) is 6.26. The molecule has 0 atom stereocenters. The molecule has 0 unspecified atom stereocenters. The largest absolute Gasteiger partial charge is 0.381 e. The molecule has 1 aliphatic rings. The number of benzene rings is 1. The minimum Gasteiger partial charge on any atom is -0.381 e. The Labute approximate surface area is 111 Å². The Balaban J connectivity index is 2.11. The van der Waals surface area contributed by atoms with E-state index in [1.807, 2.05) is 18.2 Å². The van der Waals surface area contributed by atoms with E-state index in [4.69, 9.17) is 5.26 Å². The number of nitriles is 1. The number of hydrogen-bond acceptors (Lipinski definition) is 2. The van der Waals surface area contributed by atoms with Crippen molar-refractivity contribution in [3.8, 4) is 6.07 Å². The number of nitrogens with one attached hydrogen (secondary N) is 1. The van der Waals surface area contributed by atoms with Crippen LogP contribution in [0.15, 0.2) is 22.7 Å². The summed E-state index contributed by atoms with van der Waals surface area (Å²) in [6.07, 6.45) is 7.74. The van der Waals surface area contributed by atoms with Crippen molar-refractivity contribution >= 4 is 21.6 Å². The van der Waals surface area contributed by atoms with Crippen molar-refractivity contribution in [3.05, 3.63) is 28.2 Å². The molecule has 0 heterocycles. The molecular formula is C14H17BrN2. The molecule has 1 N–H and O–H groups in total. The number of nitrogens with zero attached hydrogens (tertiary/aromatic N) is 1. The zero-order valence-electron chi connectivity index (χ0n) is 9.88. The van der Waals surface area contributed by atoms with Crippen molar-refractivity contribution in [2.75, 3.05) is 5.32 Å². The van der Waals surface area contributed by atoms with Gasteiger partial charge in [0.05, 0.1) is 11.3 Å². The van der Waals surface area contributed by atoms with Gasteiger partial charge in [-0.3, -0.25) is 0 Å². The molecule has 17 heavy (non-hydrogen) atoms. The van der Waals surface area contributed by atoms with Crippen LogP contribution in [-0.2, 0) is 0 Å². The Morgan fingerprint density at radius 1 is 1.18 bits per heavy atom. The van der Waals surface area contributed by atoms with Crippen LogP contribution in [0, 0.1) is 11.3 Å². The fraction of sp³-hybridized carbons (Fsp3) is 0.500. The SMILES string of the molecule is N#Cc1ccc(Br)cc1NC1CCCCCC1. The number of hydrogen-bond donors (Lipinski definition) is 1. The summed E-state index contributed by atoms with van der Waals surface area (Å²) in [4.78, 5) is 0. The molecule has 0 spiro atoms. The van der Waals surface area contributed by atoms with Gasteiger partial charge >= 0.3 is 0 Å². The number of halogens is 1. The van der Waals surface area contributed by atoms with E-state index < -0.39 is 0 Å². The number of rotatable bonds is 2. The predicted molar refractivity (Wildman–Crippen MR) is 74.0 cm³/mol. The van der Waals surface area contributed by atoms with Crippen LogP contribution < -0.4 is 5.32 Å². The Bertz CT molecular complexity index is 415. The Morgan fingerprint density at radius 3 is 2.53 bits per heavy atom. The minimum atomic E-state index is 0.527. The van der Waals surface area contributed by atoms with Crippen molar-refractivity contribution in [1.29, 1.82) is 5.26 Å². The Hall–Kier alpha value is -1.01. The van der Waals surface area contributed by atoms with Crippen LogP contribution in [0.25, 0.3) is 0 Å². The summed E-state index contributed by atoms with van der Waals surface area (Å²) in [6.45, 7) is 0. The quantitative estimate of drug-likeness (QED) is 0.817. The maximum absolute atomic E-state index is 9.09. The van der Waals surface area contributed by atoms with Crippen molar-refractivity contribution in [2.24, 2.45) is 0 Å². The first-order valence-corrected chi connectivity index (χ1v) is 7.05. The van der Waals surface area contributed by atoms with Crippen LogP contribution in [0.3, 0.4) is 0 Å². The van der Waals surface area contributed by atoms with Gasteiger partial charge in [-0.15, -0.1) is 0 Å². The second-order valence-electron chi connectivity index (χ2n) is 4.63. The lowest BCUT2D eigenvalue weighted by Crippen LogP contribution is -2.18. The van der Waals surface area contributed by atoms with Gasteiger partial charge in [0.1, 0.15) is 6.07 Å². The van der Waals surface area contributed by atoms with E-state index in [9.17, 15) is 0 Å². The third-order valence-electron chi connectivity index (χ3n) is 3.32. The molecule has 0 saturated heterocycles. The van der Waals surface area contributed by atoms with Gasteiger partial charge in [0.15, 0.2) is 0 Å².